The fraction of sp³-hybridized carbons (Fsp3) is 0.536. The van der Waals surface area contributed by atoms with E-state index < -0.39 is 0 Å². The van der Waals surface area contributed by atoms with Crippen LogP contribution >= 0.6 is 24.0 Å². The van der Waals surface area contributed by atoms with Gasteiger partial charge in [0.25, 0.3) is 5.91 Å². The molecular weight excluding hydrogens is 458 g/mol. The molecule has 1 amide bonds. The summed E-state index contributed by atoms with van der Waals surface area (Å²) >= 11 is 7.17. The molecule has 2 aromatic rings. The molecule has 0 atom stereocenters. The normalized spacial score (nSPS) is 34.2. The molecule has 1 saturated heterocycles. The highest BCUT2D eigenvalue weighted by Crippen LogP contribution is 2.61. The van der Waals surface area contributed by atoms with Crippen molar-refractivity contribution in [3.05, 3.63) is 52.7 Å². The maximum atomic E-state index is 13.5. The molecule has 4 bridgehead atoms. The molecule has 0 unspecified atom stereocenters. The van der Waals surface area contributed by atoms with Gasteiger partial charge in [-0.3, -0.25) is 9.69 Å². The van der Waals surface area contributed by atoms with Crippen LogP contribution in [0, 0.1) is 17.8 Å². The molecule has 0 spiro atoms. The Morgan fingerprint density at radius 1 is 1.00 bits per heavy atom. The molecule has 34 heavy (non-hydrogen) atoms. The molecule has 6 heteroatoms. The maximum Gasteiger partial charge on any atom is 0.266 e. The van der Waals surface area contributed by atoms with E-state index in [0.717, 1.165) is 51.1 Å². The molecule has 4 nitrogen and oxygen atoms in total. The van der Waals surface area contributed by atoms with Crippen molar-refractivity contribution in [3.8, 4) is 5.69 Å². The van der Waals surface area contributed by atoms with Gasteiger partial charge in [0.2, 0.25) is 0 Å². The zero-order chi connectivity index (χ0) is 22.9. The SMILES string of the molecule is O=C1/C(=C/c2cn(-c3ccccc3)nc2C23CC4CC(CC(C4)C2)C3)SC(=S)N1C1CCCC1. The number of aromatic nitrogens is 2. The Balaban J connectivity index is 1.31. The first-order chi connectivity index (χ1) is 16.6. The van der Waals surface area contributed by atoms with Gasteiger partial charge < -0.3 is 0 Å². The van der Waals surface area contributed by atoms with Crippen molar-refractivity contribution in [1.82, 2.24) is 14.7 Å². The van der Waals surface area contributed by atoms with Crippen LogP contribution in [0.3, 0.4) is 0 Å². The Morgan fingerprint density at radius 3 is 2.29 bits per heavy atom. The zero-order valence-electron chi connectivity index (χ0n) is 19.5. The summed E-state index contributed by atoms with van der Waals surface area (Å²) in [5.74, 6) is 2.65. The average Bonchev–Trinajstić information content (AvgIpc) is 3.54. The van der Waals surface area contributed by atoms with Crippen LogP contribution in [0.25, 0.3) is 11.8 Å². The molecule has 2 heterocycles. The van der Waals surface area contributed by atoms with E-state index in [9.17, 15) is 4.79 Å². The monoisotopic (exact) mass is 489 g/mol. The lowest BCUT2D eigenvalue weighted by Crippen LogP contribution is -2.49. The molecule has 6 aliphatic rings. The van der Waals surface area contributed by atoms with E-state index in [-0.39, 0.29) is 17.4 Å². The van der Waals surface area contributed by atoms with Gasteiger partial charge in [0.15, 0.2) is 0 Å². The van der Waals surface area contributed by atoms with E-state index >= 15 is 0 Å². The van der Waals surface area contributed by atoms with Gasteiger partial charge in [-0.2, -0.15) is 5.10 Å². The number of rotatable bonds is 4. The van der Waals surface area contributed by atoms with E-state index in [4.69, 9.17) is 17.3 Å². The summed E-state index contributed by atoms with van der Waals surface area (Å²) in [5, 5.41) is 5.26. The van der Waals surface area contributed by atoms with Gasteiger partial charge >= 0.3 is 0 Å². The Hall–Kier alpha value is -1.92. The Kier molecular flexibility index (Phi) is 5.06. The van der Waals surface area contributed by atoms with Crippen molar-refractivity contribution in [3.63, 3.8) is 0 Å². The predicted molar refractivity (Wildman–Crippen MR) is 141 cm³/mol. The van der Waals surface area contributed by atoms with Gasteiger partial charge in [0, 0.05) is 23.2 Å². The lowest BCUT2D eigenvalue weighted by molar-refractivity contribution is -0.123. The maximum absolute atomic E-state index is 13.5. The van der Waals surface area contributed by atoms with Gasteiger partial charge in [0.1, 0.15) is 4.32 Å². The van der Waals surface area contributed by atoms with Crippen molar-refractivity contribution in [2.75, 3.05) is 0 Å². The average molecular weight is 490 g/mol. The van der Waals surface area contributed by atoms with Gasteiger partial charge in [-0.05, 0) is 87.3 Å². The molecule has 6 fully saturated rings. The number of thiocarbonyl (C=S) groups is 1. The predicted octanol–water partition coefficient (Wildman–Crippen LogP) is 6.48. The second-order valence-corrected chi connectivity index (χ2v) is 13.1. The molecule has 5 saturated carbocycles. The van der Waals surface area contributed by atoms with E-state index in [0.29, 0.717) is 0 Å². The lowest BCUT2D eigenvalue weighted by Gasteiger charge is -2.56. The molecule has 5 aliphatic carbocycles. The van der Waals surface area contributed by atoms with Gasteiger partial charge in [-0.1, -0.05) is 55.0 Å². The van der Waals surface area contributed by atoms with Crippen LogP contribution in [0.4, 0.5) is 0 Å². The first-order valence-corrected chi connectivity index (χ1v) is 14.2. The van der Waals surface area contributed by atoms with Crippen molar-refractivity contribution in [1.29, 1.82) is 0 Å². The summed E-state index contributed by atoms with van der Waals surface area (Å²) < 4.78 is 2.77. The molecule has 176 valence electrons. The van der Waals surface area contributed by atoms with E-state index in [1.807, 2.05) is 15.6 Å². The van der Waals surface area contributed by atoms with Crippen LogP contribution in [0.15, 0.2) is 41.4 Å². The molecule has 1 aromatic heterocycles. The molecular formula is C28H31N3OS2. The van der Waals surface area contributed by atoms with Gasteiger partial charge in [-0.25, -0.2) is 4.68 Å². The zero-order valence-corrected chi connectivity index (χ0v) is 21.1. The molecule has 0 N–H and O–H groups in total. The summed E-state index contributed by atoms with van der Waals surface area (Å²) in [7, 11) is 0. The van der Waals surface area contributed by atoms with Crippen molar-refractivity contribution in [2.45, 2.75) is 75.7 Å². The Bertz CT molecular complexity index is 1140. The van der Waals surface area contributed by atoms with Crippen LogP contribution in [0.2, 0.25) is 0 Å². The molecule has 0 radical (unpaired) electrons. The van der Waals surface area contributed by atoms with Gasteiger partial charge in [-0.15, -0.1) is 0 Å². The van der Waals surface area contributed by atoms with Crippen LogP contribution in [-0.4, -0.2) is 30.9 Å². The Labute approximate surface area is 211 Å². The number of thioether (sulfide) groups is 1. The molecule has 1 aliphatic heterocycles. The molecule has 1 aromatic carbocycles. The quantitative estimate of drug-likeness (QED) is 0.364. The highest BCUT2D eigenvalue weighted by Gasteiger charge is 2.53. The summed E-state index contributed by atoms with van der Waals surface area (Å²) in [6.45, 7) is 0. The van der Waals surface area contributed by atoms with Crippen molar-refractivity contribution in [2.24, 2.45) is 17.8 Å². The summed E-state index contributed by atoms with van der Waals surface area (Å²) in [4.78, 5) is 16.1. The van der Waals surface area contributed by atoms with E-state index in [1.54, 1.807) is 0 Å². The smallest absolute Gasteiger partial charge is 0.266 e. The number of hydrogen-bond donors (Lipinski definition) is 0. The van der Waals surface area contributed by atoms with Crippen LogP contribution in [0.5, 0.6) is 0 Å². The minimum Gasteiger partial charge on any atom is -0.290 e. The Morgan fingerprint density at radius 2 is 1.65 bits per heavy atom. The number of hydrogen-bond acceptors (Lipinski definition) is 4. The van der Waals surface area contributed by atoms with Crippen LogP contribution in [-0.2, 0) is 10.2 Å². The fourth-order valence-electron chi connectivity index (χ4n) is 8.12. The minimum atomic E-state index is 0.103. The topological polar surface area (TPSA) is 38.1 Å². The highest BCUT2D eigenvalue weighted by atomic mass is 32.2. The third-order valence-corrected chi connectivity index (χ3v) is 10.4. The lowest BCUT2D eigenvalue weighted by atomic mass is 9.48. The standard InChI is InChI=1S/C28H31N3OS2/c32-26-24(34-27(33)31(26)23-8-4-5-9-23)13-21-17-30(22-6-2-1-3-7-22)29-25(21)28-14-18-10-19(15-28)12-20(11-18)16-28/h1-3,6-7,13,17-20,23H,4-5,8-12,14-16H2/b24-13-. The number of amides is 1. The van der Waals surface area contributed by atoms with Crippen molar-refractivity contribution < 1.29 is 4.79 Å². The number of carbonyl (C=O) groups excluding carboxylic acids is 1. The number of nitrogens with zero attached hydrogens (tertiary/aromatic N) is 3. The first-order valence-electron chi connectivity index (χ1n) is 13.0. The number of carbonyl (C=O) groups is 1. The van der Waals surface area contributed by atoms with E-state index in [1.165, 1.54) is 68.8 Å². The van der Waals surface area contributed by atoms with Gasteiger partial charge in [0.05, 0.1) is 16.3 Å². The summed E-state index contributed by atoms with van der Waals surface area (Å²) in [6, 6.07) is 10.7. The fourth-order valence-corrected chi connectivity index (χ4v) is 9.51. The number of benzene rings is 1. The second kappa shape index (κ2) is 8.06. The summed E-state index contributed by atoms with van der Waals surface area (Å²) in [5.41, 5.74) is 3.59. The largest absolute Gasteiger partial charge is 0.290 e. The van der Waals surface area contributed by atoms with E-state index in [2.05, 4.69) is 36.5 Å². The third-order valence-electron chi connectivity index (χ3n) is 9.10. The molecule has 8 rings (SSSR count). The highest BCUT2D eigenvalue weighted by molar-refractivity contribution is 8.26. The minimum absolute atomic E-state index is 0.103. The van der Waals surface area contributed by atoms with Crippen molar-refractivity contribution >= 4 is 40.3 Å². The number of para-hydroxylation sites is 1. The first kappa shape index (κ1) is 21.4. The second-order valence-electron chi connectivity index (χ2n) is 11.4. The van der Waals surface area contributed by atoms with Crippen LogP contribution in [0.1, 0.15) is 75.5 Å². The summed E-state index contributed by atoms with van der Waals surface area (Å²) in [6.07, 6.45) is 16.8. The third kappa shape index (κ3) is 3.43. The van der Waals surface area contributed by atoms with Crippen LogP contribution < -0.4 is 0 Å².